The van der Waals surface area contributed by atoms with Crippen LogP contribution >= 0.6 is 22.9 Å². The first kappa shape index (κ1) is 15.4. The number of nitro benzene ring substituents is 1. The molecule has 2 aromatic rings. The Morgan fingerprint density at radius 1 is 1.57 bits per heavy atom. The van der Waals surface area contributed by atoms with Crippen LogP contribution in [0.4, 0.5) is 11.4 Å². The van der Waals surface area contributed by atoms with Gasteiger partial charge in [0, 0.05) is 24.2 Å². The molecule has 1 aromatic heterocycles. The van der Waals surface area contributed by atoms with Crippen LogP contribution in [0.15, 0.2) is 23.6 Å². The maximum absolute atomic E-state index is 12.0. The fourth-order valence-electron chi connectivity index (χ4n) is 1.53. The van der Waals surface area contributed by atoms with Gasteiger partial charge in [0.25, 0.3) is 11.6 Å². The molecule has 1 heterocycles. The molecule has 1 aromatic carbocycles. The molecule has 0 fully saturated rings. The van der Waals surface area contributed by atoms with Crippen molar-refractivity contribution >= 4 is 40.2 Å². The summed E-state index contributed by atoms with van der Waals surface area (Å²) in [7, 11) is 1.54. The summed E-state index contributed by atoms with van der Waals surface area (Å²) in [5.74, 6) is -0.453. The predicted octanol–water partition coefficient (Wildman–Crippen LogP) is 3.10. The number of anilines is 1. The summed E-state index contributed by atoms with van der Waals surface area (Å²) in [6.45, 7) is 0.324. The molecular formula is C12H10ClN3O4S. The summed E-state index contributed by atoms with van der Waals surface area (Å²) in [6, 6.07) is 4.03. The molecule has 0 spiro atoms. The number of hydrogen-bond donors (Lipinski definition) is 1. The summed E-state index contributed by atoms with van der Waals surface area (Å²) in [5, 5.41) is 15.6. The Balaban J connectivity index is 2.15. The molecule has 7 nitrogen and oxygen atoms in total. The molecule has 0 bridgehead atoms. The zero-order valence-corrected chi connectivity index (χ0v) is 12.4. The minimum atomic E-state index is -0.614. The van der Waals surface area contributed by atoms with Gasteiger partial charge in [-0.05, 0) is 12.1 Å². The largest absolute Gasteiger partial charge is 0.378 e. The predicted molar refractivity (Wildman–Crippen MR) is 78.9 cm³/mol. The van der Waals surface area contributed by atoms with E-state index in [4.69, 9.17) is 16.3 Å². The van der Waals surface area contributed by atoms with Gasteiger partial charge in [-0.15, -0.1) is 11.3 Å². The molecule has 0 aliphatic carbocycles. The number of ether oxygens (including phenoxy) is 1. The maximum atomic E-state index is 12.0. The number of amides is 1. The van der Waals surface area contributed by atoms with Crippen molar-refractivity contribution in [3.05, 3.63) is 49.4 Å². The summed E-state index contributed by atoms with van der Waals surface area (Å²) in [5.41, 5.74) is 0.231. The third-order valence-electron chi connectivity index (χ3n) is 2.45. The quantitative estimate of drug-likeness (QED) is 0.672. The van der Waals surface area contributed by atoms with Gasteiger partial charge < -0.3 is 10.1 Å². The van der Waals surface area contributed by atoms with Crippen molar-refractivity contribution in [2.75, 3.05) is 12.4 Å². The third-order valence-corrected chi connectivity index (χ3v) is 3.59. The zero-order valence-electron chi connectivity index (χ0n) is 10.8. The van der Waals surface area contributed by atoms with E-state index in [0.29, 0.717) is 11.6 Å². The summed E-state index contributed by atoms with van der Waals surface area (Å²) < 4.78 is 4.92. The summed E-state index contributed by atoms with van der Waals surface area (Å²) in [6.07, 6.45) is 0. The highest BCUT2D eigenvalue weighted by Gasteiger charge is 2.16. The number of benzene rings is 1. The van der Waals surface area contributed by atoms with Crippen molar-refractivity contribution in [3.63, 3.8) is 0 Å². The normalized spacial score (nSPS) is 10.4. The molecule has 0 aliphatic heterocycles. The van der Waals surface area contributed by atoms with Crippen LogP contribution in [0.1, 0.15) is 15.5 Å². The van der Waals surface area contributed by atoms with Crippen molar-refractivity contribution in [1.29, 1.82) is 0 Å². The average Bonchev–Trinajstić information content (AvgIpc) is 2.90. The average molecular weight is 328 g/mol. The van der Waals surface area contributed by atoms with Gasteiger partial charge in [0.2, 0.25) is 0 Å². The van der Waals surface area contributed by atoms with Crippen molar-refractivity contribution < 1.29 is 14.5 Å². The van der Waals surface area contributed by atoms with Crippen LogP contribution < -0.4 is 5.32 Å². The molecule has 0 unspecified atom stereocenters. The Hall–Kier alpha value is -2.03. The van der Waals surface area contributed by atoms with Crippen molar-refractivity contribution in [3.8, 4) is 0 Å². The van der Waals surface area contributed by atoms with E-state index in [1.807, 2.05) is 0 Å². The van der Waals surface area contributed by atoms with Crippen LogP contribution in [-0.2, 0) is 11.3 Å². The number of hydrogen-bond acceptors (Lipinski definition) is 6. The number of carbonyl (C=O) groups is 1. The van der Waals surface area contributed by atoms with Crippen LogP contribution in [0.2, 0.25) is 5.02 Å². The van der Waals surface area contributed by atoms with Crippen molar-refractivity contribution in [2.24, 2.45) is 0 Å². The highest BCUT2D eigenvalue weighted by atomic mass is 35.5. The third kappa shape index (κ3) is 3.75. The van der Waals surface area contributed by atoms with Gasteiger partial charge in [0.05, 0.1) is 11.5 Å². The molecule has 0 saturated heterocycles. The molecule has 0 aliphatic rings. The molecule has 0 atom stereocenters. The smallest absolute Gasteiger partial charge is 0.289 e. The minimum Gasteiger partial charge on any atom is -0.378 e. The van der Waals surface area contributed by atoms with Gasteiger partial charge in [0.1, 0.15) is 15.7 Å². The molecule has 0 radical (unpaired) electrons. The molecule has 110 valence electrons. The molecule has 1 N–H and O–H groups in total. The number of carbonyl (C=O) groups excluding carboxylic acids is 1. The Morgan fingerprint density at radius 3 is 3.00 bits per heavy atom. The number of rotatable bonds is 5. The van der Waals surface area contributed by atoms with Gasteiger partial charge >= 0.3 is 0 Å². The number of aromatic nitrogens is 1. The first-order valence-corrected chi connectivity index (χ1v) is 6.95. The number of halogens is 1. The standard InChI is InChI=1S/C12H10ClN3O4S/c1-20-5-11-15-9(6-21-11)12(17)14-7-2-3-8(13)10(4-7)16(18)19/h2-4,6H,5H2,1H3,(H,14,17). The van der Waals surface area contributed by atoms with E-state index in [9.17, 15) is 14.9 Å². The van der Waals surface area contributed by atoms with Gasteiger partial charge in [0.15, 0.2) is 0 Å². The summed E-state index contributed by atoms with van der Waals surface area (Å²) in [4.78, 5) is 26.3. The summed E-state index contributed by atoms with van der Waals surface area (Å²) >= 11 is 7.00. The van der Waals surface area contributed by atoms with Crippen LogP contribution in [0.25, 0.3) is 0 Å². The lowest BCUT2D eigenvalue weighted by molar-refractivity contribution is -0.384. The number of thiazole rings is 1. The van der Waals surface area contributed by atoms with Crippen LogP contribution in [0.3, 0.4) is 0 Å². The fraction of sp³-hybridized carbons (Fsp3) is 0.167. The van der Waals surface area contributed by atoms with Crippen LogP contribution in [0, 0.1) is 10.1 Å². The lowest BCUT2D eigenvalue weighted by atomic mass is 10.2. The Morgan fingerprint density at radius 2 is 2.33 bits per heavy atom. The zero-order chi connectivity index (χ0) is 15.4. The maximum Gasteiger partial charge on any atom is 0.289 e. The van der Waals surface area contributed by atoms with Crippen LogP contribution in [-0.4, -0.2) is 22.9 Å². The second kappa shape index (κ2) is 6.61. The number of nitrogens with one attached hydrogen (secondary N) is 1. The highest BCUT2D eigenvalue weighted by molar-refractivity contribution is 7.09. The van der Waals surface area contributed by atoms with E-state index in [2.05, 4.69) is 10.3 Å². The Kier molecular flexibility index (Phi) is 4.84. The van der Waals surface area contributed by atoms with Gasteiger partial charge in [-0.1, -0.05) is 11.6 Å². The second-order valence-corrected chi connectivity index (χ2v) is 5.29. The van der Waals surface area contributed by atoms with E-state index < -0.39 is 10.8 Å². The van der Waals surface area contributed by atoms with Crippen molar-refractivity contribution in [1.82, 2.24) is 4.98 Å². The number of nitrogens with zero attached hydrogens (tertiary/aromatic N) is 2. The molecular weight excluding hydrogens is 318 g/mol. The highest BCUT2D eigenvalue weighted by Crippen LogP contribution is 2.27. The van der Waals surface area contributed by atoms with Gasteiger partial charge in [-0.25, -0.2) is 4.98 Å². The molecule has 0 saturated carbocycles. The van der Waals surface area contributed by atoms with Gasteiger partial charge in [-0.3, -0.25) is 14.9 Å². The molecule has 2 rings (SSSR count). The SMILES string of the molecule is COCc1nc(C(=O)Nc2ccc(Cl)c([N+](=O)[O-])c2)cs1. The topological polar surface area (TPSA) is 94.4 Å². The molecule has 1 amide bonds. The first-order valence-electron chi connectivity index (χ1n) is 5.70. The van der Waals surface area contributed by atoms with Crippen LogP contribution in [0.5, 0.6) is 0 Å². The van der Waals surface area contributed by atoms with E-state index in [-0.39, 0.29) is 22.1 Å². The van der Waals surface area contributed by atoms with E-state index in [1.54, 1.807) is 5.38 Å². The molecule has 21 heavy (non-hydrogen) atoms. The minimum absolute atomic E-state index is 0.00837. The van der Waals surface area contributed by atoms with E-state index >= 15 is 0 Å². The fourth-order valence-corrected chi connectivity index (χ4v) is 2.46. The monoisotopic (exact) mass is 327 g/mol. The Labute approximate surface area is 128 Å². The second-order valence-electron chi connectivity index (χ2n) is 3.94. The first-order chi connectivity index (χ1) is 10.0. The van der Waals surface area contributed by atoms with E-state index in [1.165, 1.54) is 36.6 Å². The lowest BCUT2D eigenvalue weighted by Gasteiger charge is -2.03. The Bertz CT molecular complexity index is 689. The van der Waals surface area contributed by atoms with Crippen molar-refractivity contribution in [2.45, 2.75) is 6.61 Å². The molecule has 9 heteroatoms. The number of nitro groups is 1. The van der Waals surface area contributed by atoms with Gasteiger partial charge in [-0.2, -0.15) is 0 Å². The lowest BCUT2D eigenvalue weighted by Crippen LogP contribution is -2.12. The van der Waals surface area contributed by atoms with E-state index in [0.717, 1.165) is 0 Å². The number of methoxy groups -OCH3 is 1.